The van der Waals surface area contributed by atoms with Crippen LogP contribution < -0.4 is 0 Å². The Balaban J connectivity index is 2.26. The number of aromatic hydroxyl groups is 1. The maximum atomic E-state index is 9.35. The fourth-order valence-electron chi connectivity index (χ4n) is 1.33. The van der Waals surface area contributed by atoms with Crippen LogP contribution in [0.5, 0.6) is 5.75 Å². The molecule has 1 atom stereocenters. The molecule has 0 aromatic carbocycles. The molecule has 1 aromatic rings. The van der Waals surface area contributed by atoms with Crippen LogP contribution in [0.3, 0.4) is 0 Å². The van der Waals surface area contributed by atoms with E-state index in [-0.39, 0.29) is 11.9 Å². The first kappa shape index (κ1) is 7.49. The summed E-state index contributed by atoms with van der Waals surface area (Å²) >= 11 is 0. The summed E-state index contributed by atoms with van der Waals surface area (Å²) in [4.78, 5) is 7.42. The molecule has 1 unspecified atom stereocenters. The number of nitrogens with zero attached hydrogens (tertiary/aromatic N) is 2. The molecule has 1 radical (unpaired) electrons. The van der Waals surface area contributed by atoms with Crippen molar-refractivity contribution >= 4 is 0 Å². The molecular formula is C8H9N2O2. The Morgan fingerprint density at radius 2 is 2.58 bits per heavy atom. The van der Waals surface area contributed by atoms with Gasteiger partial charge in [0.1, 0.15) is 11.8 Å². The lowest BCUT2D eigenvalue weighted by Crippen LogP contribution is -1.99. The molecule has 0 bridgehead atoms. The Bertz CT molecular complexity index is 272. The average molecular weight is 165 g/mol. The lowest BCUT2D eigenvalue weighted by atomic mass is 10.2. The molecule has 0 saturated carbocycles. The standard InChI is InChI=1S/C8H9N2O2/c11-6-4-9-5-10-8(6)7-2-1-3-12-7/h4,7,11H,1-3H2. The summed E-state index contributed by atoms with van der Waals surface area (Å²) in [5.74, 6) is 0.0978. The highest BCUT2D eigenvalue weighted by molar-refractivity contribution is 5.23. The summed E-state index contributed by atoms with van der Waals surface area (Å²) in [6.07, 6.45) is 5.65. The topological polar surface area (TPSA) is 55.2 Å². The van der Waals surface area contributed by atoms with E-state index in [0.717, 1.165) is 19.4 Å². The largest absolute Gasteiger partial charge is 0.504 e. The van der Waals surface area contributed by atoms with E-state index in [0.29, 0.717) is 5.69 Å². The molecule has 2 rings (SSSR count). The Labute approximate surface area is 70.2 Å². The molecule has 12 heavy (non-hydrogen) atoms. The number of hydrogen-bond acceptors (Lipinski definition) is 4. The highest BCUT2D eigenvalue weighted by Gasteiger charge is 2.21. The van der Waals surface area contributed by atoms with Crippen LogP contribution >= 0.6 is 0 Å². The first-order valence-electron chi connectivity index (χ1n) is 3.91. The van der Waals surface area contributed by atoms with Gasteiger partial charge < -0.3 is 9.84 Å². The minimum absolute atomic E-state index is 0.0655. The van der Waals surface area contributed by atoms with Crippen LogP contribution in [0.2, 0.25) is 0 Å². The van der Waals surface area contributed by atoms with Gasteiger partial charge in [0.25, 0.3) is 0 Å². The van der Waals surface area contributed by atoms with Crippen molar-refractivity contribution in [3.63, 3.8) is 0 Å². The van der Waals surface area contributed by atoms with Gasteiger partial charge >= 0.3 is 0 Å². The zero-order valence-corrected chi connectivity index (χ0v) is 6.53. The summed E-state index contributed by atoms with van der Waals surface area (Å²) in [5.41, 5.74) is 0.558. The SMILES string of the molecule is Oc1cn[c]nc1C1CCCO1. The number of aromatic nitrogens is 2. The van der Waals surface area contributed by atoms with Crippen molar-refractivity contribution < 1.29 is 9.84 Å². The van der Waals surface area contributed by atoms with Crippen LogP contribution in [0.15, 0.2) is 6.20 Å². The number of rotatable bonds is 1. The first-order chi connectivity index (χ1) is 5.88. The van der Waals surface area contributed by atoms with E-state index < -0.39 is 0 Å². The van der Waals surface area contributed by atoms with Gasteiger partial charge in [-0.3, -0.25) is 0 Å². The predicted octanol–water partition coefficient (Wildman–Crippen LogP) is 0.834. The van der Waals surface area contributed by atoms with Gasteiger partial charge in [0.15, 0.2) is 12.1 Å². The monoisotopic (exact) mass is 165 g/mol. The molecule has 0 aliphatic carbocycles. The summed E-state index contributed by atoms with van der Waals surface area (Å²) in [5, 5.41) is 9.35. The molecule has 0 amide bonds. The molecule has 4 nitrogen and oxygen atoms in total. The molecule has 1 aliphatic heterocycles. The van der Waals surface area contributed by atoms with E-state index in [2.05, 4.69) is 16.3 Å². The molecule has 1 N–H and O–H groups in total. The second-order valence-electron chi connectivity index (χ2n) is 2.74. The van der Waals surface area contributed by atoms with Crippen molar-refractivity contribution in [3.8, 4) is 5.75 Å². The second-order valence-corrected chi connectivity index (χ2v) is 2.74. The quantitative estimate of drug-likeness (QED) is 0.669. The summed E-state index contributed by atoms with van der Waals surface area (Å²) in [7, 11) is 0. The van der Waals surface area contributed by atoms with Gasteiger partial charge in [0.2, 0.25) is 0 Å². The summed E-state index contributed by atoms with van der Waals surface area (Å²) in [6.45, 7) is 0.744. The molecule has 0 spiro atoms. The fourth-order valence-corrected chi connectivity index (χ4v) is 1.33. The average Bonchev–Trinajstić information content (AvgIpc) is 2.57. The van der Waals surface area contributed by atoms with E-state index in [9.17, 15) is 5.11 Å². The van der Waals surface area contributed by atoms with E-state index in [1.807, 2.05) is 0 Å². The van der Waals surface area contributed by atoms with Crippen molar-refractivity contribution in [2.45, 2.75) is 18.9 Å². The molecule has 1 aromatic heterocycles. The third-order valence-corrected chi connectivity index (χ3v) is 1.91. The Kier molecular flexibility index (Phi) is 1.91. The van der Waals surface area contributed by atoms with E-state index >= 15 is 0 Å². The molecule has 1 saturated heterocycles. The molecule has 1 aliphatic rings. The zero-order chi connectivity index (χ0) is 8.39. The minimum atomic E-state index is -0.0655. The van der Waals surface area contributed by atoms with Crippen LogP contribution in [-0.2, 0) is 4.74 Å². The number of hydrogen-bond donors (Lipinski definition) is 1. The summed E-state index contributed by atoms with van der Waals surface area (Å²) < 4.78 is 5.35. The van der Waals surface area contributed by atoms with Gasteiger partial charge in [-0.05, 0) is 12.8 Å². The van der Waals surface area contributed by atoms with Crippen molar-refractivity contribution in [1.29, 1.82) is 0 Å². The maximum Gasteiger partial charge on any atom is 0.198 e. The molecule has 2 heterocycles. The minimum Gasteiger partial charge on any atom is -0.504 e. The lowest BCUT2D eigenvalue weighted by molar-refractivity contribution is 0.106. The molecule has 63 valence electrons. The molecule has 1 fully saturated rings. The van der Waals surface area contributed by atoms with Crippen molar-refractivity contribution in [1.82, 2.24) is 9.97 Å². The third kappa shape index (κ3) is 1.25. The van der Waals surface area contributed by atoms with Crippen molar-refractivity contribution in [2.75, 3.05) is 6.61 Å². The second kappa shape index (κ2) is 3.06. The highest BCUT2D eigenvalue weighted by Crippen LogP contribution is 2.31. The fraction of sp³-hybridized carbons (Fsp3) is 0.500. The zero-order valence-electron chi connectivity index (χ0n) is 6.53. The Morgan fingerprint density at radius 1 is 1.67 bits per heavy atom. The smallest absolute Gasteiger partial charge is 0.198 e. The number of ether oxygens (including phenoxy) is 1. The molecule has 4 heteroatoms. The van der Waals surface area contributed by atoms with Gasteiger partial charge in [0, 0.05) is 6.61 Å². The van der Waals surface area contributed by atoms with Crippen molar-refractivity contribution in [3.05, 3.63) is 18.2 Å². The van der Waals surface area contributed by atoms with Crippen LogP contribution in [0.1, 0.15) is 24.6 Å². The van der Waals surface area contributed by atoms with Gasteiger partial charge in [-0.15, -0.1) is 0 Å². The van der Waals surface area contributed by atoms with Crippen LogP contribution in [-0.4, -0.2) is 21.7 Å². The van der Waals surface area contributed by atoms with E-state index in [1.54, 1.807) is 0 Å². The summed E-state index contributed by atoms with van der Waals surface area (Å²) in [6, 6.07) is 0. The highest BCUT2D eigenvalue weighted by atomic mass is 16.5. The van der Waals surface area contributed by atoms with Gasteiger partial charge in [0.05, 0.1) is 6.20 Å². The van der Waals surface area contributed by atoms with Crippen LogP contribution in [0, 0.1) is 6.33 Å². The van der Waals surface area contributed by atoms with Crippen LogP contribution in [0.4, 0.5) is 0 Å². The lowest BCUT2D eigenvalue weighted by Gasteiger charge is -2.08. The van der Waals surface area contributed by atoms with E-state index in [4.69, 9.17) is 4.74 Å². The van der Waals surface area contributed by atoms with Crippen molar-refractivity contribution in [2.24, 2.45) is 0 Å². The maximum absolute atomic E-state index is 9.35. The van der Waals surface area contributed by atoms with Gasteiger partial charge in [-0.2, -0.15) is 0 Å². The Morgan fingerprint density at radius 3 is 3.25 bits per heavy atom. The normalized spacial score (nSPS) is 22.8. The van der Waals surface area contributed by atoms with Gasteiger partial charge in [-0.25, -0.2) is 9.97 Å². The van der Waals surface area contributed by atoms with Crippen LogP contribution in [0.25, 0.3) is 0 Å². The first-order valence-corrected chi connectivity index (χ1v) is 3.91. The van der Waals surface area contributed by atoms with E-state index in [1.165, 1.54) is 6.20 Å². The third-order valence-electron chi connectivity index (χ3n) is 1.91. The molecular weight excluding hydrogens is 156 g/mol. The van der Waals surface area contributed by atoms with Gasteiger partial charge in [-0.1, -0.05) is 0 Å². The predicted molar refractivity (Wildman–Crippen MR) is 40.5 cm³/mol. The Hall–Kier alpha value is -1.16.